The number of benzene rings is 1. The van der Waals surface area contributed by atoms with Gasteiger partial charge in [-0.2, -0.15) is 0 Å². The first-order valence-electron chi connectivity index (χ1n) is 6.18. The number of hydrogen-bond donors (Lipinski definition) is 2. The zero-order chi connectivity index (χ0) is 13.9. The molecule has 1 aliphatic rings. The average molecular weight is 283 g/mol. The van der Waals surface area contributed by atoms with Gasteiger partial charge in [0, 0.05) is 6.54 Å². The van der Waals surface area contributed by atoms with Gasteiger partial charge in [-0.25, -0.2) is 13.1 Å². The zero-order valence-corrected chi connectivity index (χ0v) is 11.3. The number of hydrogen-bond acceptors (Lipinski definition) is 3. The Bertz CT molecular complexity index is 549. The summed E-state index contributed by atoms with van der Waals surface area (Å²) in [6.07, 6.45) is 1.52. The van der Waals surface area contributed by atoms with E-state index >= 15 is 0 Å². The van der Waals surface area contributed by atoms with Crippen LogP contribution < -0.4 is 4.72 Å². The Morgan fingerprint density at radius 1 is 1.26 bits per heavy atom. The maximum absolute atomic E-state index is 11.8. The standard InChI is InChI=1S/C13H17NO4S/c15-12(16)13(7-8-13)10-14-19(17,18)9-6-11-4-2-1-3-5-11/h1-5,14H,6-10H2,(H,15,16). The van der Waals surface area contributed by atoms with E-state index in [1.54, 1.807) is 0 Å². The molecule has 0 bridgehead atoms. The average Bonchev–Trinajstić information content (AvgIpc) is 3.17. The molecule has 19 heavy (non-hydrogen) atoms. The summed E-state index contributed by atoms with van der Waals surface area (Å²) in [5, 5.41) is 8.97. The van der Waals surface area contributed by atoms with Crippen molar-refractivity contribution in [3.63, 3.8) is 0 Å². The summed E-state index contributed by atoms with van der Waals surface area (Å²) in [6, 6.07) is 9.34. The van der Waals surface area contributed by atoms with Crippen molar-refractivity contribution >= 4 is 16.0 Å². The highest BCUT2D eigenvalue weighted by molar-refractivity contribution is 7.89. The van der Waals surface area contributed by atoms with Crippen molar-refractivity contribution in [1.82, 2.24) is 4.72 Å². The normalized spacial score (nSPS) is 17.1. The minimum absolute atomic E-state index is 0.000539. The Hall–Kier alpha value is -1.40. The summed E-state index contributed by atoms with van der Waals surface area (Å²) >= 11 is 0. The van der Waals surface area contributed by atoms with E-state index in [0.29, 0.717) is 19.3 Å². The molecule has 1 aromatic carbocycles. The van der Waals surface area contributed by atoms with E-state index in [2.05, 4.69) is 4.72 Å². The van der Waals surface area contributed by atoms with Crippen LogP contribution >= 0.6 is 0 Å². The van der Waals surface area contributed by atoms with Gasteiger partial charge >= 0.3 is 5.97 Å². The van der Waals surface area contributed by atoms with Gasteiger partial charge < -0.3 is 5.11 Å². The van der Waals surface area contributed by atoms with Gasteiger partial charge in [0.1, 0.15) is 0 Å². The van der Waals surface area contributed by atoms with Gasteiger partial charge in [0.25, 0.3) is 0 Å². The van der Waals surface area contributed by atoms with Crippen LogP contribution in [0.1, 0.15) is 18.4 Å². The van der Waals surface area contributed by atoms with Crippen molar-refractivity contribution < 1.29 is 18.3 Å². The van der Waals surface area contributed by atoms with Gasteiger partial charge in [-0.05, 0) is 24.8 Å². The van der Waals surface area contributed by atoms with E-state index in [-0.39, 0.29) is 12.3 Å². The molecule has 1 aliphatic carbocycles. The third-order valence-electron chi connectivity index (χ3n) is 3.44. The SMILES string of the molecule is O=C(O)C1(CNS(=O)(=O)CCc2ccccc2)CC1. The van der Waals surface area contributed by atoms with E-state index < -0.39 is 21.4 Å². The topological polar surface area (TPSA) is 83.5 Å². The number of carboxylic acids is 1. The molecule has 0 saturated heterocycles. The Labute approximate surface area is 112 Å². The number of rotatable bonds is 7. The molecule has 0 atom stereocenters. The molecule has 0 aromatic heterocycles. The number of carbonyl (C=O) groups is 1. The maximum Gasteiger partial charge on any atom is 0.310 e. The molecule has 2 N–H and O–H groups in total. The van der Waals surface area contributed by atoms with Gasteiger partial charge in [-0.3, -0.25) is 4.79 Å². The fourth-order valence-electron chi connectivity index (χ4n) is 1.83. The van der Waals surface area contributed by atoms with Gasteiger partial charge in [0.2, 0.25) is 10.0 Å². The number of carboxylic acid groups (broad SMARTS) is 1. The number of aliphatic carboxylic acids is 1. The molecule has 0 spiro atoms. The summed E-state index contributed by atoms with van der Waals surface area (Å²) in [6.45, 7) is -0.000539. The quantitative estimate of drug-likeness (QED) is 0.782. The van der Waals surface area contributed by atoms with Crippen LogP contribution in [0.3, 0.4) is 0 Å². The Morgan fingerprint density at radius 2 is 1.89 bits per heavy atom. The van der Waals surface area contributed by atoms with Crippen molar-refractivity contribution in [3.8, 4) is 0 Å². The van der Waals surface area contributed by atoms with Crippen molar-refractivity contribution in [2.45, 2.75) is 19.3 Å². The molecule has 0 radical (unpaired) electrons. The summed E-state index contributed by atoms with van der Waals surface area (Å²) in [4.78, 5) is 10.9. The van der Waals surface area contributed by atoms with E-state index in [9.17, 15) is 13.2 Å². The van der Waals surface area contributed by atoms with E-state index in [0.717, 1.165) is 5.56 Å². The van der Waals surface area contributed by atoms with E-state index in [1.165, 1.54) is 0 Å². The molecular weight excluding hydrogens is 266 g/mol. The monoisotopic (exact) mass is 283 g/mol. The third kappa shape index (κ3) is 3.78. The lowest BCUT2D eigenvalue weighted by atomic mass is 10.1. The van der Waals surface area contributed by atoms with Gasteiger partial charge in [-0.15, -0.1) is 0 Å². The molecule has 0 unspecified atom stereocenters. The lowest BCUT2D eigenvalue weighted by Crippen LogP contribution is -2.35. The first-order chi connectivity index (χ1) is 8.94. The molecule has 1 aromatic rings. The Morgan fingerprint density at radius 3 is 2.42 bits per heavy atom. The second-order valence-electron chi connectivity index (χ2n) is 4.96. The molecule has 0 aliphatic heterocycles. The van der Waals surface area contributed by atoms with Gasteiger partial charge in [-0.1, -0.05) is 30.3 Å². The van der Waals surface area contributed by atoms with Crippen LogP contribution in [0.15, 0.2) is 30.3 Å². The van der Waals surface area contributed by atoms with Crippen LogP contribution in [0.25, 0.3) is 0 Å². The fraction of sp³-hybridized carbons (Fsp3) is 0.462. The molecule has 0 heterocycles. The van der Waals surface area contributed by atoms with Gasteiger partial charge in [0.05, 0.1) is 11.2 Å². The second kappa shape index (κ2) is 5.30. The third-order valence-corrected chi connectivity index (χ3v) is 4.77. The molecule has 104 valence electrons. The smallest absolute Gasteiger partial charge is 0.310 e. The predicted octanol–water partition coefficient (Wildman–Crippen LogP) is 1.01. The van der Waals surface area contributed by atoms with Crippen molar-refractivity contribution in [2.75, 3.05) is 12.3 Å². The molecular formula is C13H17NO4S. The van der Waals surface area contributed by atoms with E-state index in [4.69, 9.17) is 5.11 Å². The Kier molecular flexibility index (Phi) is 3.91. The molecule has 2 rings (SSSR count). The van der Waals surface area contributed by atoms with Crippen LogP contribution in [0.2, 0.25) is 0 Å². The molecule has 1 saturated carbocycles. The van der Waals surface area contributed by atoms with Crippen molar-refractivity contribution in [3.05, 3.63) is 35.9 Å². The minimum Gasteiger partial charge on any atom is -0.481 e. The number of sulfonamides is 1. The molecule has 5 nitrogen and oxygen atoms in total. The molecule has 0 amide bonds. The van der Waals surface area contributed by atoms with Crippen LogP contribution in [0.5, 0.6) is 0 Å². The van der Waals surface area contributed by atoms with Crippen LogP contribution in [0.4, 0.5) is 0 Å². The summed E-state index contributed by atoms with van der Waals surface area (Å²) < 4.78 is 26.0. The molecule has 6 heteroatoms. The van der Waals surface area contributed by atoms with Crippen LogP contribution in [-0.4, -0.2) is 31.8 Å². The van der Waals surface area contributed by atoms with Crippen LogP contribution in [-0.2, 0) is 21.2 Å². The molecule has 1 fully saturated rings. The van der Waals surface area contributed by atoms with E-state index in [1.807, 2.05) is 30.3 Å². The lowest BCUT2D eigenvalue weighted by Gasteiger charge is -2.11. The fourth-order valence-corrected chi connectivity index (χ4v) is 2.98. The van der Waals surface area contributed by atoms with Crippen molar-refractivity contribution in [1.29, 1.82) is 0 Å². The zero-order valence-electron chi connectivity index (χ0n) is 10.5. The first kappa shape index (κ1) is 14.0. The predicted molar refractivity (Wildman–Crippen MR) is 71.2 cm³/mol. The second-order valence-corrected chi connectivity index (χ2v) is 6.89. The summed E-state index contributed by atoms with van der Waals surface area (Å²) in [5.41, 5.74) is 0.0899. The first-order valence-corrected chi connectivity index (χ1v) is 7.83. The largest absolute Gasteiger partial charge is 0.481 e. The van der Waals surface area contributed by atoms with Gasteiger partial charge in [0.15, 0.2) is 0 Å². The number of nitrogens with one attached hydrogen (secondary N) is 1. The Balaban J connectivity index is 1.84. The lowest BCUT2D eigenvalue weighted by molar-refractivity contribution is -0.143. The highest BCUT2D eigenvalue weighted by atomic mass is 32.2. The summed E-state index contributed by atoms with van der Waals surface area (Å²) in [5.74, 6) is -0.939. The summed E-state index contributed by atoms with van der Waals surface area (Å²) in [7, 11) is -3.42. The van der Waals surface area contributed by atoms with Crippen molar-refractivity contribution in [2.24, 2.45) is 5.41 Å². The maximum atomic E-state index is 11.8. The van der Waals surface area contributed by atoms with Crippen LogP contribution in [0, 0.1) is 5.41 Å². The highest BCUT2D eigenvalue weighted by Crippen LogP contribution is 2.45. The number of aryl methyl sites for hydroxylation is 1. The highest BCUT2D eigenvalue weighted by Gasteiger charge is 2.50. The minimum atomic E-state index is -3.42.